The van der Waals surface area contributed by atoms with Crippen LogP contribution in [-0.4, -0.2) is 5.91 Å². The Bertz CT molecular complexity index is 950. The van der Waals surface area contributed by atoms with Crippen LogP contribution < -0.4 is 10.6 Å². The zero-order valence-electron chi connectivity index (χ0n) is 14.4. The molecule has 0 unspecified atom stereocenters. The summed E-state index contributed by atoms with van der Waals surface area (Å²) in [7, 11) is 0. The van der Waals surface area contributed by atoms with Crippen molar-refractivity contribution in [1.82, 2.24) is 0 Å². The predicted octanol–water partition coefficient (Wildman–Crippen LogP) is 6.61. The average Bonchev–Trinajstić information content (AvgIpc) is 2.58. The maximum atomic E-state index is 12.8. The number of benzene rings is 3. The second-order valence-corrected chi connectivity index (χ2v) is 6.90. The lowest BCUT2D eigenvalue weighted by Crippen LogP contribution is -2.14. The van der Waals surface area contributed by atoms with Crippen LogP contribution in [0.1, 0.15) is 21.5 Å². The monoisotopic (exact) mass is 384 g/mol. The van der Waals surface area contributed by atoms with Gasteiger partial charge in [0.05, 0.1) is 11.3 Å². The van der Waals surface area contributed by atoms with E-state index in [1.54, 1.807) is 24.3 Å². The Morgan fingerprint density at radius 3 is 2.23 bits per heavy atom. The van der Waals surface area contributed by atoms with Gasteiger partial charge in [0, 0.05) is 21.4 Å². The molecule has 0 saturated carbocycles. The fourth-order valence-corrected chi connectivity index (χ4v) is 3.17. The topological polar surface area (TPSA) is 41.1 Å². The molecule has 3 rings (SSSR count). The Hall–Kier alpha value is -2.49. The first kappa shape index (κ1) is 18.3. The number of nitrogens with one attached hydrogen (secondary N) is 2. The van der Waals surface area contributed by atoms with Gasteiger partial charge in [0.2, 0.25) is 0 Å². The molecule has 0 radical (unpaired) electrons. The largest absolute Gasteiger partial charge is 0.355 e. The third-order valence-electron chi connectivity index (χ3n) is 4.17. The number of para-hydroxylation sites is 1. The molecular formula is C21H18Cl2N2O. The van der Waals surface area contributed by atoms with Gasteiger partial charge in [-0.2, -0.15) is 0 Å². The van der Waals surface area contributed by atoms with Gasteiger partial charge in [-0.15, -0.1) is 0 Å². The average molecular weight is 385 g/mol. The van der Waals surface area contributed by atoms with Crippen LogP contribution in [0, 0.1) is 13.8 Å². The Morgan fingerprint density at radius 1 is 0.846 bits per heavy atom. The Labute approximate surface area is 163 Å². The van der Waals surface area contributed by atoms with Crippen molar-refractivity contribution >= 4 is 46.2 Å². The quantitative estimate of drug-likeness (QED) is 0.531. The first-order chi connectivity index (χ1) is 12.4. The molecule has 3 aromatic carbocycles. The molecule has 0 aliphatic rings. The van der Waals surface area contributed by atoms with E-state index >= 15 is 0 Å². The maximum Gasteiger partial charge on any atom is 0.257 e. The van der Waals surface area contributed by atoms with Crippen LogP contribution >= 0.6 is 23.2 Å². The van der Waals surface area contributed by atoms with Gasteiger partial charge in [0.25, 0.3) is 5.91 Å². The summed E-state index contributed by atoms with van der Waals surface area (Å²) in [5, 5.41) is 7.14. The molecule has 1 amide bonds. The number of amides is 1. The summed E-state index contributed by atoms with van der Waals surface area (Å²) in [5.41, 5.74) is 5.11. The highest BCUT2D eigenvalue weighted by Crippen LogP contribution is 2.27. The van der Waals surface area contributed by atoms with E-state index in [4.69, 9.17) is 23.2 Å². The SMILES string of the molecule is Cc1cccc(Nc2ccccc2C(=O)Nc2cc(Cl)cc(Cl)c2)c1C. The van der Waals surface area contributed by atoms with Gasteiger partial charge >= 0.3 is 0 Å². The standard InChI is InChI=1S/C21H18Cl2N2O/c1-13-6-5-9-19(14(13)2)25-20-8-4-3-7-18(20)21(26)24-17-11-15(22)10-16(23)12-17/h3-12,25H,1-2H3,(H,24,26). The second kappa shape index (κ2) is 7.81. The summed E-state index contributed by atoms with van der Waals surface area (Å²) in [4.78, 5) is 12.8. The van der Waals surface area contributed by atoms with Crippen LogP contribution in [0.25, 0.3) is 0 Å². The predicted molar refractivity (Wildman–Crippen MR) is 110 cm³/mol. The third kappa shape index (κ3) is 4.18. The maximum absolute atomic E-state index is 12.8. The highest BCUT2D eigenvalue weighted by Gasteiger charge is 2.13. The van der Waals surface area contributed by atoms with E-state index in [2.05, 4.69) is 23.6 Å². The van der Waals surface area contributed by atoms with Gasteiger partial charge in [-0.25, -0.2) is 0 Å². The number of hydrogen-bond acceptors (Lipinski definition) is 2. The summed E-state index contributed by atoms with van der Waals surface area (Å²) >= 11 is 12.0. The molecule has 0 aliphatic heterocycles. The summed E-state index contributed by atoms with van der Waals surface area (Å²) in [6.45, 7) is 4.11. The van der Waals surface area contributed by atoms with Gasteiger partial charge in [-0.05, 0) is 61.4 Å². The van der Waals surface area contributed by atoms with Gasteiger partial charge in [-0.1, -0.05) is 47.5 Å². The molecule has 2 N–H and O–H groups in total. The van der Waals surface area contributed by atoms with Crippen molar-refractivity contribution in [2.45, 2.75) is 13.8 Å². The number of carbonyl (C=O) groups is 1. The highest BCUT2D eigenvalue weighted by atomic mass is 35.5. The zero-order valence-corrected chi connectivity index (χ0v) is 15.9. The molecule has 132 valence electrons. The van der Waals surface area contributed by atoms with Gasteiger partial charge < -0.3 is 10.6 Å². The first-order valence-corrected chi connectivity index (χ1v) is 8.89. The van der Waals surface area contributed by atoms with Crippen molar-refractivity contribution in [3.05, 3.63) is 87.4 Å². The minimum atomic E-state index is -0.239. The number of hydrogen-bond donors (Lipinski definition) is 2. The number of carbonyl (C=O) groups excluding carboxylic acids is 1. The lowest BCUT2D eigenvalue weighted by Gasteiger charge is -2.15. The van der Waals surface area contributed by atoms with Crippen molar-refractivity contribution in [2.75, 3.05) is 10.6 Å². The summed E-state index contributed by atoms with van der Waals surface area (Å²) < 4.78 is 0. The Balaban J connectivity index is 1.89. The summed E-state index contributed by atoms with van der Waals surface area (Å²) in [5.74, 6) is -0.239. The number of rotatable bonds is 4. The van der Waals surface area contributed by atoms with Crippen LogP contribution in [0.4, 0.5) is 17.1 Å². The Morgan fingerprint density at radius 2 is 1.50 bits per heavy atom. The van der Waals surface area contributed by atoms with Gasteiger partial charge in [-0.3, -0.25) is 4.79 Å². The van der Waals surface area contributed by atoms with Crippen LogP contribution in [0.2, 0.25) is 10.0 Å². The molecule has 0 aromatic heterocycles. The van der Waals surface area contributed by atoms with Gasteiger partial charge in [0.15, 0.2) is 0 Å². The Kier molecular flexibility index (Phi) is 5.50. The van der Waals surface area contributed by atoms with Crippen molar-refractivity contribution in [3.8, 4) is 0 Å². The molecule has 0 atom stereocenters. The van der Waals surface area contributed by atoms with Crippen LogP contribution in [0.3, 0.4) is 0 Å². The zero-order chi connectivity index (χ0) is 18.7. The van der Waals surface area contributed by atoms with Crippen LogP contribution in [0.5, 0.6) is 0 Å². The first-order valence-electron chi connectivity index (χ1n) is 8.14. The molecule has 3 aromatic rings. The molecule has 26 heavy (non-hydrogen) atoms. The lowest BCUT2D eigenvalue weighted by atomic mass is 10.1. The number of anilines is 3. The second-order valence-electron chi connectivity index (χ2n) is 6.03. The van der Waals surface area contributed by atoms with Crippen molar-refractivity contribution in [3.63, 3.8) is 0 Å². The minimum absolute atomic E-state index is 0.239. The molecule has 3 nitrogen and oxygen atoms in total. The third-order valence-corrected chi connectivity index (χ3v) is 4.60. The summed E-state index contributed by atoms with van der Waals surface area (Å²) in [6.07, 6.45) is 0. The van der Waals surface area contributed by atoms with Crippen molar-refractivity contribution < 1.29 is 4.79 Å². The van der Waals surface area contributed by atoms with E-state index in [1.165, 1.54) is 5.56 Å². The highest BCUT2D eigenvalue weighted by molar-refractivity contribution is 6.35. The molecule has 0 bridgehead atoms. The molecule has 0 saturated heterocycles. The van der Waals surface area contributed by atoms with Crippen molar-refractivity contribution in [1.29, 1.82) is 0 Å². The summed E-state index contributed by atoms with van der Waals surface area (Å²) in [6, 6.07) is 18.3. The molecule has 0 aliphatic carbocycles. The fourth-order valence-electron chi connectivity index (χ4n) is 2.65. The van der Waals surface area contributed by atoms with Crippen LogP contribution in [-0.2, 0) is 0 Å². The lowest BCUT2D eigenvalue weighted by molar-refractivity contribution is 0.102. The van der Waals surface area contributed by atoms with Gasteiger partial charge in [0.1, 0.15) is 0 Å². The van der Waals surface area contributed by atoms with Crippen molar-refractivity contribution in [2.24, 2.45) is 0 Å². The van der Waals surface area contributed by atoms with E-state index < -0.39 is 0 Å². The minimum Gasteiger partial charge on any atom is -0.355 e. The number of halogens is 2. The smallest absolute Gasteiger partial charge is 0.257 e. The molecule has 0 fully saturated rings. The molecule has 0 heterocycles. The van der Waals surface area contributed by atoms with Crippen LogP contribution in [0.15, 0.2) is 60.7 Å². The van der Waals surface area contributed by atoms with E-state index in [-0.39, 0.29) is 5.91 Å². The molecular weight excluding hydrogens is 367 g/mol. The van der Waals surface area contributed by atoms with E-state index in [9.17, 15) is 4.79 Å². The van der Waals surface area contributed by atoms with E-state index in [1.807, 2.05) is 37.3 Å². The molecule has 5 heteroatoms. The number of aryl methyl sites for hydroxylation is 1. The normalized spacial score (nSPS) is 10.5. The molecule has 0 spiro atoms. The fraction of sp³-hybridized carbons (Fsp3) is 0.0952. The van der Waals surface area contributed by atoms with E-state index in [0.29, 0.717) is 21.3 Å². The van der Waals surface area contributed by atoms with E-state index in [0.717, 1.165) is 16.9 Å².